The Morgan fingerprint density at radius 1 is 1.16 bits per heavy atom. The van der Waals surface area contributed by atoms with Crippen molar-refractivity contribution in [2.24, 2.45) is 0 Å². The second kappa shape index (κ2) is 6.93. The molecule has 0 aromatic carbocycles. The molecule has 1 aliphatic rings. The van der Waals surface area contributed by atoms with Gasteiger partial charge in [-0.15, -0.1) is 0 Å². The molecule has 2 amide bonds. The first kappa shape index (κ1) is 15.2. The van der Waals surface area contributed by atoms with Gasteiger partial charge in [-0.1, -0.05) is 0 Å². The zero-order chi connectivity index (χ0) is 14.4. The summed E-state index contributed by atoms with van der Waals surface area (Å²) in [5.74, 6) is -2.47. The zero-order valence-corrected chi connectivity index (χ0v) is 10.8. The molecule has 0 atom stereocenters. The lowest BCUT2D eigenvalue weighted by molar-refractivity contribution is -0.140. The van der Waals surface area contributed by atoms with Crippen LogP contribution in [-0.4, -0.2) is 77.3 Å². The molecular weight excluding hydrogens is 254 g/mol. The van der Waals surface area contributed by atoms with Crippen molar-refractivity contribution >= 4 is 18.0 Å². The van der Waals surface area contributed by atoms with Crippen LogP contribution in [0.4, 0.5) is 4.79 Å². The summed E-state index contributed by atoms with van der Waals surface area (Å²) in [7, 11) is 1.99. The Morgan fingerprint density at radius 3 is 2.05 bits per heavy atom. The Labute approximate surface area is 111 Å². The van der Waals surface area contributed by atoms with E-state index < -0.39 is 31.1 Å². The molecule has 8 heteroatoms. The molecule has 8 nitrogen and oxygen atoms in total. The Morgan fingerprint density at radius 2 is 1.63 bits per heavy atom. The normalized spacial score (nSPS) is 16.9. The van der Waals surface area contributed by atoms with Crippen LogP contribution in [0.3, 0.4) is 0 Å². The molecule has 1 heterocycles. The van der Waals surface area contributed by atoms with Gasteiger partial charge in [-0.25, -0.2) is 4.79 Å². The third-order valence-corrected chi connectivity index (χ3v) is 2.99. The predicted octanol–water partition coefficient (Wildman–Crippen LogP) is -0.739. The van der Waals surface area contributed by atoms with Crippen LogP contribution in [0.5, 0.6) is 0 Å². The molecule has 0 unspecified atom stereocenters. The number of carboxylic acid groups (broad SMARTS) is 2. The van der Waals surface area contributed by atoms with E-state index in [0.717, 1.165) is 30.8 Å². The lowest BCUT2D eigenvalue weighted by Crippen LogP contribution is -2.51. The standard InChI is InChI=1S/C11H19N3O5/c1-13-4-2-8(3-5-13)12-11(19)14(6-9(15)16)7-10(17)18/h8H,2-7H2,1H3,(H,12,19)(H,15,16)(H,17,18). The van der Waals surface area contributed by atoms with Crippen molar-refractivity contribution in [1.29, 1.82) is 0 Å². The molecule has 0 aromatic heterocycles. The van der Waals surface area contributed by atoms with Crippen molar-refractivity contribution in [2.75, 3.05) is 33.2 Å². The van der Waals surface area contributed by atoms with Crippen LogP contribution in [0, 0.1) is 0 Å². The molecule has 0 saturated carbocycles. The van der Waals surface area contributed by atoms with Crippen LogP contribution in [0.15, 0.2) is 0 Å². The maximum Gasteiger partial charge on any atom is 0.323 e. The van der Waals surface area contributed by atoms with E-state index in [9.17, 15) is 14.4 Å². The fourth-order valence-corrected chi connectivity index (χ4v) is 1.94. The van der Waals surface area contributed by atoms with Crippen LogP contribution >= 0.6 is 0 Å². The van der Waals surface area contributed by atoms with Crippen molar-refractivity contribution < 1.29 is 24.6 Å². The van der Waals surface area contributed by atoms with Crippen LogP contribution in [0.1, 0.15) is 12.8 Å². The number of urea groups is 1. The summed E-state index contributed by atoms with van der Waals surface area (Å²) in [6.07, 6.45) is 1.55. The van der Waals surface area contributed by atoms with Gasteiger partial charge in [0, 0.05) is 6.04 Å². The van der Waals surface area contributed by atoms with Gasteiger partial charge in [-0.3, -0.25) is 9.59 Å². The second-order valence-corrected chi connectivity index (χ2v) is 4.67. The van der Waals surface area contributed by atoms with Gasteiger partial charge in [-0.2, -0.15) is 0 Å². The number of likely N-dealkylation sites (tertiary alicyclic amines) is 1. The first-order chi connectivity index (χ1) is 8.88. The van der Waals surface area contributed by atoms with Crippen molar-refractivity contribution in [2.45, 2.75) is 18.9 Å². The molecule has 1 saturated heterocycles. The molecule has 0 radical (unpaired) electrons. The van der Waals surface area contributed by atoms with Crippen molar-refractivity contribution in [3.8, 4) is 0 Å². The predicted molar refractivity (Wildman–Crippen MR) is 65.9 cm³/mol. The SMILES string of the molecule is CN1CCC(NC(=O)N(CC(=O)O)CC(=O)O)CC1. The van der Waals surface area contributed by atoms with Crippen LogP contribution in [0.25, 0.3) is 0 Å². The van der Waals surface area contributed by atoms with E-state index in [1.54, 1.807) is 0 Å². The number of hydrogen-bond acceptors (Lipinski definition) is 4. The van der Waals surface area contributed by atoms with Gasteiger partial charge in [0.2, 0.25) is 0 Å². The van der Waals surface area contributed by atoms with Crippen molar-refractivity contribution in [3.05, 3.63) is 0 Å². The zero-order valence-electron chi connectivity index (χ0n) is 10.8. The highest BCUT2D eigenvalue weighted by Crippen LogP contribution is 2.08. The molecule has 0 aromatic rings. The summed E-state index contributed by atoms with van der Waals surface area (Å²) in [5, 5.41) is 20.0. The number of nitrogens with one attached hydrogen (secondary N) is 1. The molecule has 1 fully saturated rings. The number of aliphatic carboxylic acids is 2. The van der Waals surface area contributed by atoms with E-state index in [1.807, 2.05) is 7.05 Å². The molecule has 19 heavy (non-hydrogen) atoms. The fraction of sp³-hybridized carbons (Fsp3) is 0.727. The molecule has 0 spiro atoms. The molecule has 1 rings (SSSR count). The first-order valence-electron chi connectivity index (χ1n) is 6.06. The van der Waals surface area contributed by atoms with Crippen LogP contribution in [0.2, 0.25) is 0 Å². The summed E-state index contributed by atoms with van der Waals surface area (Å²) in [6.45, 7) is 0.459. The minimum Gasteiger partial charge on any atom is -0.480 e. The summed E-state index contributed by atoms with van der Waals surface area (Å²) < 4.78 is 0. The second-order valence-electron chi connectivity index (χ2n) is 4.67. The van der Waals surface area contributed by atoms with Crippen molar-refractivity contribution in [3.63, 3.8) is 0 Å². The topological polar surface area (TPSA) is 110 Å². The van der Waals surface area contributed by atoms with E-state index in [2.05, 4.69) is 10.2 Å². The summed E-state index contributed by atoms with van der Waals surface area (Å²) in [5.41, 5.74) is 0. The van der Waals surface area contributed by atoms with Crippen molar-refractivity contribution in [1.82, 2.24) is 15.1 Å². The Kier molecular flexibility index (Phi) is 5.56. The highest BCUT2D eigenvalue weighted by Gasteiger charge is 2.24. The number of hydrogen-bond donors (Lipinski definition) is 3. The smallest absolute Gasteiger partial charge is 0.323 e. The highest BCUT2D eigenvalue weighted by atomic mass is 16.4. The van der Waals surface area contributed by atoms with E-state index in [0.29, 0.717) is 0 Å². The first-order valence-corrected chi connectivity index (χ1v) is 6.06. The Balaban J connectivity index is 2.51. The van der Waals surface area contributed by atoms with E-state index >= 15 is 0 Å². The summed E-state index contributed by atoms with van der Waals surface area (Å²) >= 11 is 0. The van der Waals surface area contributed by atoms with Gasteiger partial charge in [0.05, 0.1) is 0 Å². The molecule has 0 bridgehead atoms. The van der Waals surface area contributed by atoms with Gasteiger partial charge in [-0.05, 0) is 33.0 Å². The number of amides is 2. The highest BCUT2D eigenvalue weighted by molar-refractivity contribution is 5.84. The van der Waals surface area contributed by atoms with Gasteiger partial charge >= 0.3 is 18.0 Å². The number of rotatable bonds is 5. The average molecular weight is 273 g/mol. The maximum absolute atomic E-state index is 11.8. The van der Waals surface area contributed by atoms with Gasteiger partial charge in [0.1, 0.15) is 13.1 Å². The van der Waals surface area contributed by atoms with Crippen LogP contribution < -0.4 is 5.32 Å². The molecule has 108 valence electrons. The number of carbonyl (C=O) groups is 3. The van der Waals surface area contributed by atoms with E-state index in [1.165, 1.54) is 0 Å². The summed E-state index contributed by atoms with van der Waals surface area (Å²) in [6, 6.07) is -0.673. The minimum absolute atomic E-state index is 0.0335. The lowest BCUT2D eigenvalue weighted by Gasteiger charge is -2.31. The Hall–Kier alpha value is -1.83. The van der Waals surface area contributed by atoms with Gasteiger partial charge in [0.15, 0.2) is 0 Å². The molecule has 0 aliphatic carbocycles. The number of carbonyl (C=O) groups excluding carboxylic acids is 1. The molecular formula is C11H19N3O5. The molecule has 1 aliphatic heterocycles. The monoisotopic (exact) mass is 273 g/mol. The van der Waals surface area contributed by atoms with Crippen LogP contribution in [-0.2, 0) is 9.59 Å². The third-order valence-electron chi connectivity index (χ3n) is 2.99. The van der Waals surface area contributed by atoms with Gasteiger partial charge < -0.3 is 25.3 Å². The number of piperidine rings is 1. The number of carboxylic acids is 2. The maximum atomic E-state index is 11.8. The number of nitrogens with zero attached hydrogens (tertiary/aromatic N) is 2. The van der Waals surface area contributed by atoms with Gasteiger partial charge in [0.25, 0.3) is 0 Å². The van der Waals surface area contributed by atoms with E-state index in [-0.39, 0.29) is 6.04 Å². The lowest BCUT2D eigenvalue weighted by atomic mass is 10.1. The van der Waals surface area contributed by atoms with E-state index in [4.69, 9.17) is 10.2 Å². The minimum atomic E-state index is -1.24. The molecule has 3 N–H and O–H groups in total. The summed E-state index contributed by atoms with van der Waals surface area (Å²) in [4.78, 5) is 36.0. The third kappa shape index (κ3) is 5.56. The quantitative estimate of drug-likeness (QED) is 0.608. The fourth-order valence-electron chi connectivity index (χ4n) is 1.94. The average Bonchev–Trinajstić information content (AvgIpc) is 2.30. The largest absolute Gasteiger partial charge is 0.480 e. The Bertz CT molecular complexity index is 336.